The molecule has 0 amide bonds. The van der Waals surface area contributed by atoms with E-state index in [9.17, 15) is 0 Å². The maximum atomic E-state index is 5.54. The van der Waals surface area contributed by atoms with Crippen molar-refractivity contribution in [1.29, 1.82) is 0 Å². The SMILES string of the molecule is CCCOc1nc(NN)nc(N2CCCCC2CCC)n1. The summed E-state index contributed by atoms with van der Waals surface area (Å²) in [5.74, 6) is 6.48. The minimum Gasteiger partial charge on any atom is -0.463 e. The summed E-state index contributed by atoms with van der Waals surface area (Å²) in [6.07, 6.45) is 6.86. The molecule has 0 saturated carbocycles. The number of rotatable bonds is 7. The van der Waals surface area contributed by atoms with Gasteiger partial charge >= 0.3 is 6.01 Å². The van der Waals surface area contributed by atoms with Gasteiger partial charge < -0.3 is 9.64 Å². The number of hydrazine groups is 1. The number of nitrogens with two attached hydrogens (primary N) is 1. The Balaban J connectivity index is 2.22. The Kier molecular flexibility index (Phi) is 5.98. The van der Waals surface area contributed by atoms with Crippen LogP contribution in [0.3, 0.4) is 0 Å². The molecule has 1 aromatic rings. The van der Waals surface area contributed by atoms with E-state index in [0.29, 0.717) is 30.6 Å². The molecule has 1 saturated heterocycles. The Bertz CT molecular complexity index is 439. The quantitative estimate of drug-likeness (QED) is 0.588. The van der Waals surface area contributed by atoms with Crippen molar-refractivity contribution in [2.24, 2.45) is 5.84 Å². The Morgan fingerprint density at radius 3 is 2.81 bits per heavy atom. The van der Waals surface area contributed by atoms with Crippen molar-refractivity contribution in [2.75, 3.05) is 23.5 Å². The van der Waals surface area contributed by atoms with E-state index in [1.807, 2.05) is 6.92 Å². The van der Waals surface area contributed by atoms with Crippen LogP contribution in [0.1, 0.15) is 52.4 Å². The van der Waals surface area contributed by atoms with E-state index in [2.05, 4.69) is 32.2 Å². The van der Waals surface area contributed by atoms with Crippen molar-refractivity contribution in [3.8, 4) is 6.01 Å². The summed E-state index contributed by atoms with van der Waals surface area (Å²) in [5.41, 5.74) is 2.50. The number of nitrogens with zero attached hydrogens (tertiary/aromatic N) is 4. The van der Waals surface area contributed by atoms with Crippen LogP contribution < -0.4 is 20.9 Å². The van der Waals surface area contributed by atoms with Gasteiger partial charge in [-0.2, -0.15) is 15.0 Å². The molecule has 0 radical (unpaired) electrons. The first kappa shape index (κ1) is 15.8. The molecule has 0 aliphatic carbocycles. The third-order valence-corrected chi connectivity index (χ3v) is 3.67. The molecule has 21 heavy (non-hydrogen) atoms. The lowest BCUT2D eigenvalue weighted by molar-refractivity contribution is 0.291. The van der Waals surface area contributed by atoms with E-state index in [-0.39, 0.29) is 0 Å². The van der Waals surface area contributed by atoms with Gasteiger partial charge in [0.1, 0.15) is 0 Å². The van der Waals surface area contributed by atoms with E-state index in [1.165, 1.54) is 19.3 Å². The average molecular weight is 294 g/mol. The largest absolute Gasteiger partial charge is 0.463 e. The molecule has 0 spiro atoms. The molecule has 1 fully saturated rings. The van der Waals surface area contributed by atoms with Gasteiger partial charge in [-0.25, -0.2) is 5.84 Å². The second kappa shape index (κ2) is 7.97. The van der Waals surface area contributed by atoms with Crippen molar-refractivity contribution < 1.29 is 4.74 Å². The zero-order chi connectivity index (χ0) is 15.1. The topological polar surface area (TPSA) is 89.2 Å². The number of nitrogen functional groups attached to an aromatic ring is 1. The fourth-order valence-corrected chi connectivity index (χ4v) is 2.69. The molecule has 0 aromatic carbocycles. The first-order chi connectivity index (χ1) is 10.3. The molecule has 118 valence electrons. The average Bonchev–Trinajstić information content (AvgIpc) is 2.53. The van der Waals surface area contributed by atoms with Gasteiger partial charge in [-0.05, 0) is 32.1 Å². The predicted molar refractivity (Wildman–Crippen MR) is 83.3 cm³/mol. The van der Waals surface area contributed by atoms with Gasteiger partial charge in [-0.1, -0.05) is 20.3 Å². The molecule has 1 aromatic heterocycles. The summed E-state index contributed by atoms with van der Waals surface area (Å²) in [6.45, 7) is 5.83. The number of aromatic nitrogens is 3. The van der Waals surface area contributed by atoms with Crippen molar-refractivity contribution in [3.05, 3.63) is 0 Å². The summed E-state index contributed by atoms with van der Waals surface area (Å²) < 4.78 is 5.54. The van der Waals surface area contributed by atoms with Gasteiger partial charge in [0, 0.05) is 12.6 Å². The van der Waals surface area contributed by atoms with E-state index >= 15 is 0 Å². The number of nitrogens with one attached hydrogen (secondary N) is 1. The van der Waals surface area contributed by atoms with Gasteiger partial charge in [0.25, 0.3) is 0 Å². The van der Waals surface area contributed by atoms with Crippen LogP contribution in [0.2, 0.25) is 0 Å². The zero-order valence-corrected chi connectivity index (χ0v) is 13.0. The molecule has 1 atom stereocenters. The summed E-state index contributed by atoms with van der Waals surface area (Å²) in [7, 11) is 0. The zero-order valence-electron chi connectivity index (χ0n) is 13.0. The van der Waals surface area contributed by atoms with Crippen LogP contribution in [0, 0.1) is 0 Å². The van der Waals surface area contributed by atoms with E-state index in [0.717, 1.165) is 25.8 Å². The lowest BCUT2D eigenvalue weighted by Crippen LogP contribution is -2.40. The van der Waals surface area contributed by atoms with Crippen molar-refractivity contribution in [3.63, 3.8) is 0 Å². The molecule has 1 aliphatic heterocycles. The number of hydrogen-bond acceptors (Lipinski definition) is 7. The Hall–Kier alpha value is -1.63. The monoisotopic (exact) mass is 294 g/mol. The molecule has 1 aliphatic rings. The third kappa shape index (κ3) is 4.17. The minimum atomic E-state index is 0.343. The number of hydrogen-bond donors (Lipinski definition) is 2. The lowest BCUT2D eigenvalue weighted by Gasteiger charge is -2.35. The fourth-order valence-electron chi connectivity index (χ4n) is 2.69. The van der Waals surface area contributed by atoms with Gasteiger partial charge in [-0.3, -0.25) is 5.43 Å². The molecular formula is C14H26N6O. The standard InChI is InChI=1S/C14H26N6O/c1-3-7-11-8-5-6-9-20(11)13-16-12(19-15)17-14(18-13)21-10-4-2/h11H,3-10,15H2,1-2H3,(H,16,17,18,19). The minimum absolute atomic E-state index is 0.343. The van der Waals surface area contributed by atoms with Crippen LogP contribution in [0.15, 0.2) is 0 Å². The highest BCUT2D eigenvalue weighted by Crippen LogP contribution is 2.26. The summed E-state index contributed by atoms with van der Waals surface area (Å²) in [5, 5.41) is 0. The normalized spacial score (nSPS) is 18.6. The highest BCUT2D eigenvalue weighted by atomic mass is 16.5. The first-order valence-corrected chi connectivity index (χ1v) is 7.90. The number of anilines is 2. The van der Waals surface area contributed by atoms with Gasteiger partial charge in [0.15, 0.2) is 0 Å². The van der Waals surface area contributed by atoms with E-state index in [1.54, 1.807) is 0 Å². The van der Waals surface area contributed by atoms with Gasteiger partial charge in [-0.15, -0.1) is 0 Å². The first-order valence-electron chi connectivity index (χ1n) is 7.90. The molecule has 3 N–H and O–H groups in total. The van der Waals surface area contributed by atoms with Crippen molar-refractivity contribution in [1.82, 2.24) is 15.0 Å². The second-order valence-electron chi connectivity index (χ2n) is 5.37. The molecule has 0 bridgehead atoms. The molecule has 7 nitrogen and oxygen atoms in total. The Morgan fingerprint density at radius 1 is 1.24 bits per heavy atom. The van der Waals surface area contributed by atoms with Gasteiger partial charge in [0.2, 0.25) is 11.9 Å². The summed E-state index contributed by atoms with van der Waals surface area (Å²) in [4.78, 5) is 15.3. The lowest BCUT2D eigenvalue weighted by atomic mass is 9.99. The number of ether oxygens (including phenoxy) is 1. The van der Waals surface area contributed by atoms with Crippen LogP contribution in [-0.4, -0.2) is 34.1 Å². The molecule has 2 heterocycles. The van der Waals surface area contributed by atoms with Crippen LogP contribution in [0.25, 0.3) is 0 Å². The van der Waals surface area contributed by atoms with E-state index in [4.69, 9.17) is 10.6 Å². The molecular weight excluding hydrogens is 268 g/mol. The smallest absolute Gasteiger partial charge is 0.323 e. The van der Waals surface area contributed by atoms with Crippen molar-refractivity contribution >= 4 is 11.9 Å². The summed E-state index contributed by atoms with van der Waals surface area (Å²) in [6, 6.07) is 0.839. The number of piperidine rings is 1. The third-order valence-electron chi connectivity index (χ3n) is 3.67. The van der Waals surface area contributed by atoms with E-state index < -0.39 is 0 Å². The second-order valence-corrected chi connectivity index (χ2v) is 5.37. The maximum Gasteiger partial charge on any atom is 0.323 e. The Morgan fingerprint density at radius 2 is 2.10 bits per heavy atom. The predicted octanol–water partition coefficient (Wildman–Crippen LogP) is 2.10. The highest BCUT2D eigenvalue weighted by Gasteiger charge is 2.25. The van der Waals surface area contributed by atoms with Crippen LogP contribution >= 0.6 is 0 Å². The molecule has 1 unspecified atom stereocenters. The summed E-state index contributed by atoms with van der Waals surface area (Å²) >= 11 is 0. The van der Waals surface area contributed by atoms with Crippen LogP contribution in [-0.2, 0) is 0 Å². The molecule has 2 rings (SSSR count). The fraction of sp³-hybridized carbons (Fsp3) is 0.786. The van der Waals surface area contributed by atoms with Gasteiger partial charge in [0.05, 0.1) is 6.61 Å². The maximum absolute atomic E-state index is 5.54. The van der Waals surface area contributed by atoms with Crippen LogP contribution in [0.4, 0.5) is 11.9 Å². The highest BCUT2D eigenvalue weighted by molar-refractivity contribution is 5.39. The Labute approximate surface area is 126 Å². The van der Waals surface area contributed by atoms with Crippen LogP contribution in [0.5, 0.6) is 6.01 Å². The van der Waals surface area contributed by atoms with Crippen molar-refractivity contribution in [2.45, 2.75) is 58.4 Å². The molecule has 7 heteroatoms.